The van der Waals surface area contributed by atoms with Crippen LogP contribution >= 0.6 is 23.4 Å². The van der Waals surface area contributed by atoms with Crippen molar-refractivity contribution in [1.82, 2.24) is 15.1 Å². The monoisotopic (exact) mass is 582 g/mol. The minimum Gasteiger partial charge on any atom is -0.467 e. The second-order valence-corrected chi connectivity index (χ2v) is 11.3. The number of aryl methyl sites for hydroxylation is 1. The zero-order chi connectivity index (χ0) is 28.3. The number of furan rings is 1. The van der Waals surface area contributed by atoms with Crippen LogP contribution in [0.2, 0.25) is 5.02 Å². The van der Waals surface area contributed by atoms with Crippen molar-refractivity contribution < 1.29 is 14.0 Å². The van der Waals surface area contributed by atoms with Crippen LogP contribution in [0.5, 0.6) is 0 Å². The van der Waals surface area contributed by atoms with Gasteiger partial charge in [0.05, 0.1) is 40.2 Å². The lowest BCUT2D eigenvalue weighted by atomic mass is 9.98. The van der Waals surface area contributed by atoms with Crippen molar-refractivity contribution >= 4 is 41.0 Å². The zero-order valence-corrected chi connectivity index (χ0v) is 23.9. The minimum absolute atomic E-state index is 0.183. The van der Waals surface area contributed by atoms with Crippen LogP contribution in [0.15, 0.2) is 102 Å². The van der Waals surface area contributed by atoms with Gasteiger partial charge in [-0.3, -0.25) is 14.5 Å². The SMILES string of the molecule is Cc1cccc([C@H]2SCC(=O)N(CC(=O)NCc3ccco3)c3c2c(-c2ccccc2)nn3-c2ccccc2Cl)c1. The highest BCUT2D eigenvalue weighted by Crippen LogP contribution is 2.49. The van der Waals surface area contributed by atoms with Crippen LogP contribution in [0.4, 0.5) is 5.82 Å². The van der Waals surface area contributed by atoms with E-state index in [4.69, 9.17) is 21.1 Å². The molecule has 3 aromatic carbocycles. The third kappa shape index (κ3) is 5.53. The molecule has 206 valence electrons. The first kappa shape index (κ1) is 26.9. The van der Waals surface area contributed by atoms with Crippen molar-refractivity contribution in [3.05, 3.63) is 125 Å². The summed E-state index contributed by atoms with van der Waals surface area (Å²) in [5.41, 5.74) is 5.30. The summed E-state index contributed by atoms with van der Waals surface area (Å²) in [6.07, 6.45) is 1.56. The number of hydrogen-bond donors (Lipinski definition) is 1. The second kappa shape index (κ2) is 11.7. The van der Waals surface area contributed by atoms with E-state index >= 15 is 0 Å². The van der Waals surface area contributed by atoms with Crippen molar-refractivity contribution in [3.8, 4) is 16.9 Å². The van der Waals surface area contributed by atoms with Gasteiger partial charge in [0.25, 0.3) is 0 Å². The Bertz CT molecular complexity index is 1700. The van der Waals surface area contributed by atoms with Gasteiger partial charge >= 0.3 is 0 Å². The number of thioether (sulfide) groups is 1. The number of hydrogen-bond acceptors (Lipinski definition) is 5. The molecule has 2 amide bonds. The van der Waals surface area contributed by atoms with Gasteiger partial charge < -0.3 is 9.73 Å². The van der Waals surface area contributed by atoms with Crippen LogP contribution in [0.3, 0.4) is 0 Å². The molecule has 0 fully saturated rings. The molecule has 1 aliphatic rings. The van der Waals surface area contributed by atoms with E-state index in [1.807, 2.05) is 54.6 Å². The standard InChI is InChI=1S/C32H27ClN4O3S/c1-21-9-7-12-23(17-21)31-29-30(22-10-3-2-4-11-22)35-37(26-15-6-5-14-25(26)33)32(29)36(28(39)20-41-31)19-27(38)34-18-24-13-8-16-40-24/h2-17,31H,18-20H2,1H3,(H,34,38)/t31-/m1/s1. The number of benzene rings is 3. The maximum atomic E-state index is 13.8. The number of nitrogens with zero attached hydrogens (tertiary/aromatic N) is 3. The summed E-state index contributed by atoms with van der Waals surface area (Å²) in [7, 11) is 0. The van der Waals surface area contributed by atoms with Crippen LogP contribution in [-0.4, -0.2) is 33.9 Å². The summed E-state index contributed by atoms with van der Waals surface area (Å²) in [5, 5.41) is 8.24. The molecule has 0 unspecified atom stereocenters. The van der Waals surface area contributed by atoms with Crippen LogP contribution in [0.1, 0.15) is 27.7 Å². The molecule has 9 heteroatoms. The van der Waals surface area contributed by atoms with E-state index in [0.29, 0.717) is 22.3 Å². The van der Waals surface area contributed by atoms with Crippen molar-refractivity contribution in [2.45, 2.75) is 18.7 Å². The predicted molar refractivity (Wildman–Crippen MR) is 162 cm³/mol. The number of carbonyl (C=O) groups excluding carboxylic acids is 2. The van der Waals surface area contributed by atoms with Crippen molar-refractivity contribution in [3.63, 3.8) is 0 Å². The average Bonchev–Trinajstić information content (AvgIpc) is 3.61. The Morgan fingerprint density at radius 1 is 1.05 bits per heavy atom. The molecule has 41 heavy (non-hydrogen) atoms. The number of fused-ring (bicyclic) bond motifs is 1. The molecule has 7 nitrogen and oxygen atoms in total. The first-order chi connectivity index (χ1) is 20.0. The highest BCUT2D eigenvalue weighted by atomic mass is 35.5. The third-order valence-electron chi connectivity index (χ3n) is 6.90. The van der Waals surface area contributed by atoms with Gasteiger partial charge in [0.2, 0.25) is 11.8 Å². The fourth-order valence-corrected chi connectivity index (χ4v) is 6.42. The van der Waals surface area contributed by atoms with Gasteiger partial charge in [-0.15, -0.1) is 11.8 Å². The summed E-state index contributed by atoms with van der Waals surface area (Å²) in [5.74, 6) is 0.853. The molecule has 3 heterocycles. The number of aromatic nitrogens is 2. The quantitative estimate of drug-likeness (QED) is 0.234. The average molecular weight is 583 g/mol. The third-order valence-corrected chi connectivity index (χ3v) is 8.48. The van der Waals surface area contributed by atoms with E-state index < -0.39 is 0 Å². The van der Waals surface area contributed by atoms with Gasteiger partial charge in [-0.05, 0) is 36.8 Å². The Labute approximate surface area is 247 Å². The number of halogens is 1. The van der Waals surface area contributed by atoms with Gasteiger partial charge in [0, 0.05) is 11.1 Å². The van der Waals surface area contributed by atoms with Crippen LogP contribution < -0.4 is 10.2 Å². The van der Waals surface area contributed by atoms with E-state index in [2.05, 4.69) is 30.4 Å². The molecular formula is C32H27ClN4O3S. The fourth-order valence-electron chi connectivity index (χ4n) is 5.01. The van der Waals surface area contributed by atoms with E-state index in [0.717, 1.165) is 27.9 Å². The topological polar surface area (TPSA) is 80.4 Å². The Morgan fingerprint density at radius 2 is 1.85 bits per heavy atom. The van der Waals surface area contributed by atoms with Crippen LogP contribution in [-0.2, 0) is 16.1 Å². The number of rotatable bonds is 7. The van der Waals surface area contributed by atoms with Crippen LogP contribution in [0.25, 0.3) is 16.9 Å². The predicted octanol–water partition coefficient (Wildman–Crippen LogP) is 6.58. The first-order valence-electron chi connectivity index (χ1n) is 13.2. The molecule has 0 spiro atoms. The lowest BCUT2D eigenvalue weighted by molar-refractivity contribution is -0.123. The molecule has 6 rings (SSSR count). The normalized spacial score (nSPS) is 14.9. The Hall–Kier alpha value is -4.27. The van der Waals surface area contributed by atoms with E-state index in [1.54, 1.807) is 34.0 Å². The molecule has 1 atom stereocenters. The Kier molecular flexibility index (Phi) is 7.67. The summed E-state index contributed by atoms with van der Waals surface area (Å²) in [6.45, 7) is 2.09. The highest BCUT2D eigenvalue weighted by Gasteiger charge is 2.38. The fraction of sp³-hybridized carbons (Fsp3) is 0.156. The van der Waals surface area contributed by atoms with E-state index in [1.165, 1.54) is 11.8 Å². The largest absolute Gasteiger partial charge is 0.467 e. The molecule has 5 aromatic rings. The maximum absolute atomic E-state index is 13.8. The smallest absolute Gasteiger partial charge is 0.240 e. The van der Waals surface area contributed by atoms with Gasteiger partial charge in [-0.2, -0.15) is 5.10 Å². The van der Waals surface area contributed by atoms with Gasteiger partial charge in [0.1, 0.15) is 18.1 Å². The molecule has 0 aliphatic carbocycles. The molecule has 0 saturated carbocycles. The molecule has 1 N–H and O–H groups in total. The summed E-state index contributed by atoms with van der Waals surface area (Å²) in [6, 6.07) is 29.1. The maximum Gasteiger partial charge on any atom is 0.240 e. The minimum atomic E-state index is -0.312. The number of amides is 2. The molecular weight excluding hydrogens is 556 g/mol. The lowest BCUT2D eigenvalue weighted by Crippen LogP contribution is -2.42. The highest BCUT2D eigenvalue weighted by molar-refractivity contribution is 8.00. The number of para-hydroxylation sites is 1. The van der Waals surface area contributed by atoms with E-state index in [-0.39, 0.29) is 35.9 Å². The van der Waals surface area contributed by atoms with Crippen LogP contribution in [0, 0.1) is 6.92 Å². The zero-order valence-electron chi connectivity index (χ0n) is 22.3. The van der Waals surface area contributed by atoms with Crippen molar-refractivity contribution in [2.75, 3.05) is 17.2 Å². The molecule has 0 radical (unpaired) electrons. The Morgan fingerprint density at radius 3 is 2.61 bits per heavy atom. The van der Waals surface area contributed by atoms with Gasteiger partial charge in [0.15, 0.2) is 0 Å². The molecule has 0 bridgehead atoms. The first-order valence-corrected chi connectivity index (χ1v) is 14.6. The van der Waals surface area contributed by atoms with Crippen molar-refractivity contribution in [1.29, 1.82) is 0 Å². The lowest BCUT2D eigenvalue weighted by Gasteiger charge is -2.23. The number of carbonyl (C=O) groups is 2. The molecule has 0 saturated heterocycles. The molecule has 2 aromatic heterocycles. The molecule has 1 aliphatic heterocycles. The van der Waals surface area contributed by atoms with Gasteiger partial charge in [-0.1, -0.05) is 83.9 Å². The van der Waals surface area contributed by atoms with Crippen molar-refractivity contribution in [2.24, 2.45) is 0 Å². The summed E-state index contributed by atoms with van der Waals surface area (Å²) >= 11 is 8.25. The number of nitrogens with one attached hydrogen (secondary N) is 1. The second-order valence-electron chi connectivity index (χ2n) is 9.76. The summed E-state index contributed by atoms with van der Waals surface area (Å²) in [4.78, 5) is 28.6. The Balaban J connectivity index is 1.55. The van der Waals surface area contributed by atoms with E-state index in [9.17, 15) is 9.59 Å². The summed E-state index contributed by atoms with van der Waals surface area (Å²) < 4.78 is 7.07. The number of anilines is 1. The van der Waals surface area contributed by atoms with Gasteiger partial charge in [-0.25, -0.2) is 4.68 Å².